The molecule has 2 aromatic rings. The molecule has 3 amide bonds. The predicted octanol–water partition coefficient (Wildman–Crippen LogP) is 6.85. The lowest BCUT2D eigenvalue weighted by molar-refractivity contribution is -0.129. The molecule has 0 saturated carbocycles. The maximum atomic E-state index is 11.9. The Balaban J connectivity index is 0.000000817. The molecule has 0 heterocycles. The lowest BCUT2D eigenvalue weighted by atomic mass is 9.65. The number of carbonyl (C=O) groups is 4. The van der Waals surface area contributed by atoms with Crippen LogP contribution >= 0.6 is 23.2 Å². The fraction of sp³-hybridized carbons (Fsp3) is 0.543. The van der Waals surface area contributed by atoms with Crippen LogP contribution in [0.3, 0.4) is 0 Å². The van der Waals surface area contributed by atoms with Crippen molar-refractivity contribution in [2.75, 3.05) is 0 Å². The molecule has 0 aliphatic carbocycles. The first-order valence-electron chi connectivity index (χ1n) is 16.0. The van der Waals surface area contributed by atoms with Gasteiger partial charge in [-0.3, -0.25) is 19.2 Å². The number of rotatable bonds is 17. The molecule has 0 radical (unpaired) electrons. The molecule has 2 aromatic carbocycles. The number of ketones is 1. The highest BCUT2D eigenvalue weighted by molar-refractivity contribution is 6.30. The summed E-state index contributed by atoms with van der Waals surface area (Å²) in [4.78, 5) is 45.2. The minimum absolute atomic E-state index is 0.00305. The van der Waals surface area contributed by atoms with Crippen molar-refractivity contribution in [3.8, 4) is 0 Å². The van der Waals surface area contributed by atoms with E-state index in [1.165, 1.54) is 24.0 Å². The van der Waals surface area contributed by atoms with Gasteiger partial charge in [0.25, 0.3) is 0 Å². The summed E-state index contributed by atoms with van der Waals surface area (Å²) < 4.78 is 0. The molecule has 0 aliphatic rings. The third-order valence-corrected chi connectivity index (χ3v) is 8.26. The highest BCUT2D eigenvalue weighted by atomic mass is 35.5. The van der Waals surface area contributed by atoms with Crippen LogP contribution in [0.5, 0.6) is 0 Å². The van der Waals surface area contributed by atoms with Gasteiger partial charge in [-0.1, -0.05) is 102 Å². The minimum atomic E-state index is -0.928. The summed E-state index contributed by atoms with van der Waals surface area (Å²) in [5.74, 6) is -1.23. The molecule has 252 valence electrons. The van der Waals surface area contributed by atoms with Crippen LogP contribution in [0.4, 0.5) is 0 Å². The van der Waals surface area contributed by atoms with Crippen LogP contribution in [0, 0.1) is 5.92 Å². The van der Waals surface area contributed by atoms with Crippen molar-refractivity contribution in [3.05, 3.63) is 69.7 Å². The number of primary amides is 2. The second kappa shape index (κ2) is 22.5. The summed E-state index contributed by atoms with van der Waals surface area (Å²) in [7, 11) is 0. The second-order valence-electron chi connectivity index (χ2n) is 11.0. The van der Waals surface area contributed by atoms with E-state index in [0.29, 0.717) is 18.8 Å². The minimum Gasteiger partial charge on any atom is -0.370 e. The van der Waals surface area contributed by atoms with Crippen molar-refractivity contribution in [1.29, 1.82) is 0 Å². The van der Waals surface area contributed by atoms with Crippen LogP contribution in [0.2, 0.25) is 10.0 Å². The van der Waals surface area contributed by atoms with E-state index in [9.17, 15) is 19.2 Å². The third kappa shape index (κ3) is 14.8. The van der Waals surface area contributed by atoms with Gasteiger partial charge in [-0.05, 0) is 67.0 Å². The Morgan fingerprint density at radius 1 is 0.733 bits per heavy atom. The molecule has 45 heavy (non-hydrogen) atoms. The summed E-state index contributed by atoms with van der Waals surface area (Å²) in [6, 6.07) is 14.9. The maximum absolute atomic E-state index is 11.9. The zero-order valence-electron chi connectivity index (χ0n) is 27.8. The highest BCUT2D eigenvalue weighted by Crippen LogP contribution is 2.43. The molecule has 0 bridgehead atoms. The molecule has 0 saturated heterocycles. The molecule has 8 nitrogen and oxygen atoms in total. The van der Waals surface area contributed by atoms with Gasteiger partial charge in [0.2, 0.25) is 17.7 Å². The molecule has 0 aromatic heterocycles. The van der Waals surface area contributed by atoms with Crippen LogP contribution in [0.1, 0.15) is 110 Å². The molecular formula is C35H54Cl2N4O4. The van der Waals surface area contributed by atoms with E-state index in [-0.39, 0.29) is 36.9 Å². The monoisotopic (exact) mass is 664 g/mol. The summed E-state index contributed by atoms with van der Waals surface area (Å²) in [5, 5.41) is 4.07. The Kier molecular flexibility index (Phi) is 21.1. The standard InChI is InChI=1S/C20H24Cl2.C13H24N4O4.C2H6/c1-4-6-15(5-2)20(3,16-7-11-18(21)12-8-16)17-9-13-19(22)14-10-17;1-2-3-10(18)9(5-7-12(16)20)17-13(21)8(14)4-6-11(15)19;1-2/h7-15H,4-6H2,1-3H3;8-9H,2-7,14H2,1H3,(H2,15,19)(H2,16,20)(H,17,21);1-2H3/t;8-,9-;/m.0./s1. The summed E-state index contributed by atoms with van der Waals surface area (Å²) >= 11 is 12.2. The zero-order chi connectivity index (χ0) is 34.6. The Morgan fingerprint density at radius 2 is 1.18 bits per heavy atom. The second-order valence-corrected chi connectivity index (χ2v) is 11.9. The summed E-state index contributed by atoms with van der Waals surface area (Å²) in [6.07, 6.45) is 4.70. The number of hydrogen-bond acceptors (Lipinski definition) is 5. The van der Waals surface area contributed by atoms with Crippen molar-refractivity contribution in [1.82, 2.24) is 5.32 Å². The van der Waals surface area contributed by atoms with Crippen LogP contribution < -0.4 is 22.5 Å². The van der Waals surface area contributed by atoms with Crippen molar-refractivity contribution < 1.29 is 19.2 Å². The number of nitrogens with two attached hydrogens (primary N) is 3. The van der Waals surface area contributed by atoms with Crippen molar-refractivity contribution in [2.45, 2.75) is 117 Å². The molecule has 2 rings (SSSR count). The first kappa shape index (κ1) is 42.1. The van der Waals surface area contributed by atoms with Crippen LogP contribution in [0.25, 0.3) is 0 Å². The highest BCUT2D eigenvalue weighted by Gasteiger charge is 2.36. The van der Waals surface area contributed by atoms with Crippen molar-refractivity contribution in [2.24, 2.45) is 23.1 Å². The van der Waals surface area contributed by atoms with E-state index < -0.39 is 29.8 Å². The van der Waals surface area contributed by atoms with E-state index in [1.807, 2.05) is 45.0 Å². The number of nitrogens with one attached hydrogen (secondary N) is 1. The fourth-order valence-corrected chi connectivity index (χ4v) is 5.46. The van der Waals surface area contributed by atoms with Crippen molar-refractivity contribution in [3.63, 3.8) is 0 Å². The summed E-state index contributed by atoms with van der Waals surface area (Å²) in [6.45, 7) is 12.7. The molecule has 0 aliphatic heterocycles. The normalized spacial score (nSPS) is 12.7. The van der Waals surface area contributed by atoms with Gasteiger partial charge in [0, 0.05) is 34.7 Å². The zero-order valence-corrected chi connectivity index (χ0v) is 29.3. The molecule has 7 N–H and O–H groups in total. The van der Waals surface area contributed by atoms with Gasteiger partial charge in [-0.15, -0.1) is 0 Å². The van der Waals surface area contributed by atoms with Crippen LogP contribution in [0.15, 0.2) is 48.5 Å². The van der Waals surface area contributed by atoms with Crippen LogP contribution in [-0.4, -0.2) is 35.6 Å². The van der Waals surface area contributed by atoms with E-state index in [4.69, 9.17) is 40.4 Å². The van der Waals surface area contributed by atoms with E-state index in [0.717, 1.165) is 16.5 Å². The molecule has 10 heteroatoms. The molecule has 0 fully saturated rings. The number of hydrogen-bond donors (Lipinski definition) is 4. The Bertz CT molecular complexity index is 1130. The van der Waals surface area contributed by atoms with Gasteiger partial charge >= 0.3 is 0 Å². The molecule has 1 unspecified atom stereocenters. The van der Waals surface area contributed by atoms with Gasteiger partial charge < -0.3 is 22.5 Å². The fourth-order valence-electron chi connectivity index (χ4n) is 5.21. The number of amides is 3. The first-order valence-corrected chi connectivity index (χ1v) is 16.7. The topological polar surface area (TPSA) is 158 Å². The van der Waals surface area contributed by atoms with E-state index in [2.05, 4.69) is 50.4 Å². The lowest BCUT2D eigenvalue weighted by Gasteiger charge is -2.39. The van der Waals surface area contributed by atoms with Crippen LogP contribution in [-0.2, 0) is 24.6 Å². The largest absolute Gasteiger partial charge is 0.370 e. The number of carbonyl (C=O) groups excluding carboxylic acids is 4. The number of halogens is 2. The first-order chi connectivity index (χ1) is 21.3. The summed E-state index contributed by atoms with van der Waals surface area (Å²) in [5.41, 5.74) is 18.3. The number of benzene rings is 2. The van der Waals surface area contributed by atoms with Crippen molar-refractivity contribution >= 4 is 46.7 Å². The van der Waals surface area contributed by atoms with Gasteiger partial charge in [-0.25, -0.2) is 0 Å². The Morgan fingerprint density at radius 3 is 1.56 bits per heavy atom. The Labute approximate surface area is 280 Å². The third-order valence-electron chi connectivity index (χ3n) is 7.75. The Hall–Kier alpha value is -2.94. The molecular weight excluding hydrogens is 611 g/mol. The van der Waals surface area contributed by atoms with E-state index >= 15 is 0 Å². The van der Waals surface area contributed by atoms with Gasteiger partial charge in [0.1, 0.15) is 0 Å². The van der Waals surface area contributed by atoms with Gasteiger partial charge in [-0.2, -0.15) is 0 Å². The maximum Gasteiger partial charge on any atom is 0.237 e. The van der Waals surface area contributed by atoms with E-state index in [1.54, 1.807) is 0 Å². The smallest absolute Gasteiger partial charge is 0.237 e. The van der Waals surface area contributed by atoms with Gasteiger partial charge in [0.15, 0.2) is 5.78 Å². The quantitative estimate of drug-likeness (QED) is 0.145. The lowest BCUT2D eigenvalue weighted by Crippen LogP contribution is -2.48. The average molecular weight is 666 g/mol. The SMILES string of the molecule is CC.CCCC(=O)[C@H](CCC(N)=O)NC(=O)[C@@H](N)CCC(N)=O.CCCC(CC)C(C)(c1ccc(Cl)cc1)c1ccc(Cl)cc1. The molecule has 3 atom stereocenters. The van der Waals surface area contributed by atoms with Gasteiger partial charge in [0.05, 0.1) is 12.1 Å². The average Bonchev–Trinajstić information content (AvgIpc) is 3.02. The molecule has 0 spiro atoms. The predicted molar refractivity (Wildman–Crippen MR) is 186 cm³/mol. The number of Topliss-reactive ketones (excluding diaryl/α,β-unsaturated/α-hetero) is 1.